The van der Waals surface area contributed by atoms with Gasteiger partial charge in [-0.15, -0.1) is 11.3 Å². The van der Waals surface area contributed by atoms with E-state index < -0.39 is 6.10 Å². The van der Waals surface area contributed by atoms with Gasteiger partial charge in [-0.25, -0.2) is 4.98 Å². The summed E-state index contributed by atoms with van der Waals surface area (Å²) in [5.41, 5.74) is 2.34. The fraction of sp³-hybridized carbons (Fsp3) is 0.312. The van der Waals surface area contributed by atoms with Gasteiger partial charge in [0.05, 0.1) is 11.4 Å². The maximum absolute atomic E-state index is 12.0. The number of nitrogens with zero attached hydrogens (tertiary/aromatic N) is 2. The standard InChI is InChI=1S/C16H17N3O3S/c1-4-14(20)18-16-17-11(8-23-16)10-5-6-13-12(7-10)19(3)15(21)9(2)22-13/h5-9H,4H2,1-3H3,(H,17,18,20)/t9-/m0/s1. The predicted octanol–water partition coefficient (Wildman–Crippen LogP) is 2.90. The van der Waals surface area contributed by atoms with Crippen LogP contribution in [0.4, 0.5) is 10.8 Å². The molecule has 7 heteroatoms. The Balaban J connectivity index is 1.90. The van der Waals surface area contributed by atoms with Gasteiger partial charge in [-0.3, -0.25) is 9.59 Å². The number of aromatic nitrogens is 1. The van der Waals surface area contributed by atoms with Gasteiger partial charge in [-0.2, -0.15) is 0 Å². The average molecular weight is 331 g/mol. The van der Waals surface area contributed by atoms with Gasteiger partial charge in [0, 0.05) is 24.4 Å². The molecule has 0 unspecified atom stereocenters. The second kappa shape index (κ2) is 6.00. The number of carbonyl (C=O) groups excluding carboxylic acids is 2. The number of likely N-dealkylation sites (N-methyl/N-ethyl adjacent to an activating group) is 1. The second-order valence-corrected chi connectivity index (χ2v) is 6.14. The lowest BCUT2D eigenvalue weighted by Crippen LogP contribution is -2.41. The lowest BCUT2D eigenvalue weighted by atomic mass is 10.1. The molecule has 0 spiro atoms. The third-order valence-corrected chi connectivity index (χ3v) is 4.43. The molecule has 1 N–H and O–H groups in total. The zero-order valence-corrected chi connectivity index (χ0v) is 13.9. The fourth-order valence-electron chi connectivity index (χ4n) is 2.34. The summed E-state index contributed by atoms with van der Waals surface area (Å²) >= 11 is 1.37. The largest absolute Gasteiger partial charge is 0.479 e. The summed E-state index contributed by atoms with van der Waals surface area (Å²) < 4.78 is 5.61. The van der Waals surface area contributed by atoms with E-state index in [1.54, 1.807) is 25.8 Å². The topological polar surface area (TPSA) is 71.5 Å². The van der Waals surface area contributed by atoms with Gasteiger partial charge in [0.2, 0.25) is 5.91 Å². The molecule has 0 fully saturated rings. The molecular formula is C16H17N3O3S. The normalized spacial score (nSPS) is 16.7. The molecule has 0 saturated carbocycles. The molecule has 2 aromatic rings. The highest BCUT2D eigenvalue weighted by Crippen LogP contribution is 2.37. The molecule has 1 aliphatic rings. The van der Waals surface area contributed by atoms with E-state index in [-0.39, 0.29) is 11.8 Å². The molecule has 1 aromatic carbocycles. The maximum atomic E-state index is 12.0. The predicted molar refractivity (Wildman–Crippen MR) is 90.0 cm³/mol. The number of hydrogen-bond acceptors (Lipinski definition) is 5. The first-order valence-corrected chi connectivity index (χ1v) is 8.21. The van der Waals surface area contributed by atoms with Crippen LogP contribution in [0.3, 0.4) is 0 Å². The summed E-state index contributed by atoms with van der Waals surface area (Å²) in [4.78, 5) is 29.5. The lowest BCUT2D eigenvalue weighted by Gasteiger charge is -2.30. The zero-order valence-electron chi connectivity index (χ0n) is 13.1. The van der Waals surface area contributed by atoms with Crippen LogP contribution < -0.4 is 15.0 Å². The van der Waals surface area contributed by atoms with E-state index in [0.29, 0.717) is 17.3 Å². The third kappa shape index (κ3) is 2.92. The molecule has 0 aliphatic carbocycles. The van der Waals surface area contributed by atoms with Crippen LogP contribution >= 0.6 is 11.3 Å². The van der Waals surface area contributed by atoms with Crippen molar-refractivity contribution >= 4 is 34.0 Å². The van der Waals surface area contributed by atoms with Crippen LogP contribution in [0.15, 0.2) is 23.6 Å². The molecule has 3 rings (SSSR count). The number of ether oxygens (including phenoxy) is 1. The summed E-state index contributed by atoms with van der Waals surface area (Å²) in [5, 5.41) is 5.19. The summed E-state index contributed by atoms with van der Waals surface area (Å²) in [6, 6.07) is 5.61. The molecule has 0 bridgehead atoms. The maximum Gasteiger partial charge on any atom is 0.267 e. The van der Waals surface area contributed by atoms with Crippen LogP contribution in [0.5, 0.6) is 5.75 Å². The Morgan fingerprint density at radius 2 is 2.26 bits per heavy atom. The Morgan fingerprint density at radius 1 is 1.48 bits per heavy atom. The Bertz CT molecular complexity index is 772. The summed E-state index contributed by atoms with van der Waals surface area (Å²) in [7, 11) is 1.73. The van der Waals surface area contributed by atoms with Crippen LogP contribution in [0.1, 0.15) is 20.3 Å². The SMILES string of the molecule is CCC(=O)Nc1nc(-c2ccc3c(c2)N(C)C(=O)[C@H](C)O3)cs1. The van der Waals surface area contributed by atoms with Crippen molar-refractivity contribution in [1.82, 2.24) is 4.98 Å². The number of thiazole rings is 1. The molecular weight excluding hydrogens is 314 g/mol. The number of anilines is 2. The van der Waals surface area contributed by atoms with Crippen LogP contribution in [-0.4, -0.2) is 29.9 Å². The van der Waals surface area contributed by atoms with Crippen molar-refractivity contribution in [3.63, 3.8) is 0 Å². The Kier molecular flexibility index (Phi) is 4.04. The number of hydrogen-bond donors (Lipinski definition) is 1. The minimum Gasteiger partial charge on any atom is -0.479 e. The molecule has 0 radical (unpaired) electrons. The first-order valence-electron chi connectivity index (χ1n) is 7.33. The number of benzene rings is 1. The summed E-state index contributed by atoms with van der Waals surface area (Å²) in [6.07, 6.45) is -0.0654. The molecule has 2 heterocycles. The van der Waals surface area contributed by atoms with Crippen molar-refractivity contribution in [2.75, 3.05) is 17.3 Å². The van der Waals surface area contributed by atoms with Gasteiger partial charge in [-0.05, 0) is 25.1 Å². The molecule has 23 heavy (non-hydrogen) atoms. The molecule has 0 saturated heterocycles. The Hall–Kier alpha value is -2.41. The minimum absolute atomic E-state index is 0.0657. The van der Waals surface area contributed by atoms with Crippen molar-refractivity contribution in [3.8, 4) is 17.0 Å². The van der Waals surface area contributed by atoms with E-state index in [0.717, 1.165) is 16.9 Å². The summed E-state index contributed by atoms with van der Waals surface area (Å²) in [5.74, 6) is 0.533. The van der Waals surface area contributed by atoms with Crippen molar-refractivity contribution < 1.29 is 14.3 Å². The molecule has 1 atom stereocenters. The van der Waals surface area contributed by atoms with Crippen LogP contribution in [0.2, 0.25) is 0 Å². The van der Waals surface area contributed by atoms with Crippen LogP contribution in [0, 0.1) is 0 Å². The van der Waals surface area contributed by atoms with E-state index in [1.165, 1.54) is 11.3 Å². The number of amides is 2. The van der Waals surface area contributed by atoms with E-state index >= 15 is 0 Å². The van der Waals surface area contributed by atoms with E-state index in [1.807, 2.05) is 23.6 Å². The number of carbonyl (C=O) groups is 2. The number of nitrogens with one attached hydrogen (secondary N) is 1. The van der Waals surface area contributed by atoms with Crippen molar-refractivity contribution in [3.05, 3.63) is 23.6 Å². The molecule has 1 aromatic heterocycles. The Morgan fingerprint density at radius 3 is 3.00 bits per heavy atom. The van der Waals surface area contributed by atoms with Crippen LogP contribution in [0.25, 0.3) is 11.3 Å². The quantitative estimate of drug-likeness (QED) is 0.939. The smallest absolute Gasteiger partial charge is 0.267 e. The zero-order chi connectivity index (χ0) is 16.6. The Labute approximate surface area is 138 Å². The minimum atomic E-state index is -0.478. The molecule has 1 aliphatic heterocycles. The number of rotatable bonds is 3. The molecule has 120 valence electrons. The van der Waals surface area contributed by atoms with E-state index in [9.17, 15) is 9.59 Å². The van der Waals surface area contributed by atoms with Gasteiger partial charge in [-0.1, -0.05) is 6.92 Å². The first-order chi connectivity index (χ1) is 11.0. The van der Waals surface area contributed by atoms with Crippen molar-refractivity contribution in [2.24, 2.45) is 0 Å². The first kappa shape index (κ1) is 15.5. The van der Waals surface area contributed by atoms with Gasteiger partial charge >= 0.3 is 0 Å². The average Bonchev–Trinajstić information content (AvgIpc) is 3.01. The van der Waals surface area contributed by atoms with Gasteiger partial charge in [0.25, 0.3) is 5.91 Å². The van der Waals surface area contributed by atoms with Gasteiger partial charge in [0.15, 0.2) is 11.2 Å². The third-order valence-electron chi connectivity index (χ3n) is 3.67. The fourth-order valence-corrected chi connectivity index (χ4v) is 3.08. The highest BCUT2D eigenvalue weighted by molar-refractivity contribution is 7.14. The highest BCUT2D eigenvalue weighted by atomic mass is 32.1. The number of fused-ring (bicyclic) bond motifs is 1. The van der Waals surface area contributed by atoms with Crippen molar-refractivity contribution in [1.29, 1.82) is 0 Å². The van der Waals surface area contributed by atoms with Gasteiger partial charge in [0.1, 0.15) is 5.75 Å². The van der Waals surface area contributed by atoms with E-state index in [4.69, 9.17) is 4.74 Å². The van der Waals surface area contributed by atoms with Crippen LogP contribution in [-0.2, 0) is 9.59 Å². The molecule has 2 amide bonds. The van der Waals surface area contributed by atoms with Crippen molar-refractivity contribution in [2.45, 2.75) is 26.4 Å². The summed E-state index contributed by atoms with van der Waals surface area (Å²) in [6.45, 7) is 3.53. The van der Waals surface area contributed by atoms with E-state index in [2.05, 4.69) is 10.3 Å². The highest BCUT2D eigenvalue weighted by Gasteiger charge is 2.29. The van der Waals surface area contributed by atoms with Gasteiger partial charge < -0.3 is 15.0 Å². The monoisotopic (exact) mass is 331 g/mol. The lowest BCUT2D eigenvalue weighted by molar-refractivity contribution is -0.125. The second-order valence-electron chi connectivity index (χ2n) is 5.28. The molecule has 6 nitrogen and oxygen atoms in total.